The molecule has 0 amide bonds. The molecule has 4 heteroatoms. The van der Waals surface area contributed by atoms with Gasteiger partial charge >= 0.3 is 27.0 Å². The first-order valence-corrected chi connectivity index (χ1v) is 6.88. The summed E-state index contributed by atoms with van der Waals surface area (Å²) in [5.41, 5.74) is 0. The first-order valence-electron chi connectivity index (χ1n) is 4.64. The van der Waals surface area contributed by atoms with Crippen LogP contribution in [0.25, 0.3) is 0 Å². The summed E-state index contributed by atoms with van der Waals surface area (Å²) >= 11 is 1.82. The van der Waals surface area contributed by atoms with Crippen LogP contribution in [0.2, 0.25) is 0 Å². The summed E-state index contributed by atoms with van der Waals surface area (Å²) in [6.07, 6.45) is 6.45. The SMILES string of the molecule is CC(=O)[O-].[CH2][C](C)[CH]CC[CH][C]([CH2])C.[Cl][Ru+3]. The summed E-state index contributed by atoms with van der Waals surface area (Å²) in [4.78, 5) is 8.89. The van der Waals surface area contributed by atoms with Crippen molar-refractivity contribution in [2.75, 3.05) is 0 Å². The van der Waals surface area contributed by atoms with E-state index < -0.39 is 5.97 Å². The predicted molar refractivity (Wildman–Crippen MR) is 62.9 cm³/mol. The van der Waals surface area contributed by atoms with Crippen molar-refractivity contribution in [2.45, 2.75) is 33.6 Å². The Morgan fingerprint density at radius 2 is 1.31 bits per heavy atom. The first-order chi connectivity index (χ1) is 7.36. The summed E-state index contributed by atoms with van der Waals surface area (Å²) in [5, 5.41) is 8.89. The van der Waals surface area contributed by atoms with E-state index in [4.69, 9.17) is 9.90 Å². The summed E-state index contributed by atoms with van der Waals surface area (Å²) < 4.78 is 0. The Hall–Kier alpha value is 0.383. The molecule has 0 spiro atoms. The van der Waals surface area contributed by atoms with E-state index in [0.717, 1.165) is 31.6 Å². The van der Waals surface area contributed by atoms with Gasteiger partial charge in [0.1, 0.15) is 0 Å². The zero-order valence-electron chi connectivity index (χ0n) is 10.0. The van der Waals surface area contributed by atoms with Crippen LogP contribution < -0.4 is 5.11 Å². The molecule has 0 rings (SSSR count). The van der Waals surface area contributed by atoms with Crippen molar-refractivity contribution in [3.8, 4) is 0 Å². The molecule has 6 radical (unpaired) electrons. The van der Waals surface area contributed by atoms with E-state index in [1.165, 1.54) is 0 Å². The molecule has 0 aromatic rings. The number of hydrogen-bond donors (Lipinski definition) is 0. The second kappa shape index (κ2) is 17.8. The van der Waals surface area contributed by atoms with Crippen LogP contribution in [0, 0.1) is 38.5 Å². The standard InChI is InChI=1S/C10H16.C2H4O2.ClH.Ru/c1-9(2)7-5-6-8-10(3)4;1-2(3)4;;/h7-8H,1,3,5-6H2,2,4H3;1H3,(H,3,4);1H;/q;;;+4/p-2. The van der Waals surface area contributed by atoms with E-state index in [1.54, 1.807) is 0 Å². The molecule has 0 heterocycles. The predicted octanol–water partition coefficient (Wildman–Crippen LogP) is 2.48. The van der Waals surface area contributed by atoms with Crippen LogP contribution in [0.4, 0.5) is 0 Å². The van der Waals surface area contributed by atoms with Gasteiger partial charge in [0.2, 0.25) is 0 Å². The Morgan fingerprint density at radius 3 is 1.44 bits per heavy atom. The fraction of sp³-hybridized carbons (Fsp3) is 0.417. The Bertz CT molecular complexity index is 125. The monoisotopic (exact) mass is 332 g/mol. The van der Waals surface area contributed by atoms with Gasteiger partial charge in [-0.1, -0.05) is 13.8 Å². The molecule has 0 unspecified atom stereocenters. The molecular formula is C12H19ClO2Ru+2. The third-order valence-electron chi connectivity index (χ3n) is 1.15. The number of carbonyl (C=O) groups excluding carboxylic acids is 1. The van der Waals surface area contributed by atoms with E-state index in [0.29, 0.717) is 0 Å². The average Bonchev–Trinajstić information content (AvgIpc) is 2.14. The van der Waals surface area contributed by atoms with Crippen LogP contribution in [0.5, 0.6) is 0 Å². The van der Waals surface area contributed by atoms with E-state index in [-0.39, 0.29) is 0 Å². The van der Waals surface area contributed by atoms with Crippen molar-refractivity contribution in [1.82, 2.24) is 0 Å². The number of hydrogen-bond acceptors (Lipinski definition) is 2. The second-order valence-corrected chi connectivity index (χ2v) is 3.17. The normalized spacial score (nSPS) is 9.00. The molecule has 0 atom stereocenters. The molecule has 0 fully saturated rings. The van der Waals surface area contributed by atoms with Gasteiger partial charge in [-0.05, 0) is 58.3 Å². The Labute approximate surface area is 115 Å². The number of unbranched alkanes of at least 4 members (excludes halogenated alkanes) is 1. The van der Waals surface area contributed by atoms with Crippen LogP contribution in [0.1, 0.15) is 33.6 Å². The minimum atomic E-state index is -1.08. The van der Waals surface area contributed by atoms with E-state index in [1.807, 2.05) is 31.2 Å². The zero-order chi connectivity index (χ0) is 13.6. The Balaban J connectivity index is -0.000000237. The van der Waals surface area contributed by atoms with Gasteiger partial charge in [-0.3, -0.25) is 0 Å². The van der Waals surface area contributed by atoms with Gasteiger partial charge in [0.25, 0.3) is 0 Å². The molecule has 0 bridgehead atoms. The molecule has 2 nitrogen and oxygen atoms in total. The number of halogens is 1. The molecule has 92 valence electrons. The Kier molecular flexibility index (Phi) is 24.0. The van der Waals surface area contributed by atoms with Crippen molar-refractivity contribution in [1.29, 1.82) is 0 Å². The minimum absolute atomic E-state index is 0.972. The van der Waals surface area contributed by atoms with Crippen molar-refractivity contribution in [3.63, 3.8) is 0 Å². The zero-order valence-corrected chi connectivity index (χ0v) is 12.5. The van der Waals surface area contributed by atoms with Crippen LogP contribution >= 0.6 is 9.69 Å². The van der Waals surface area contributed by atoms with Gasteiger partial charge in [-0.2, -0.15) is 0 Å². The van der Waals surface area contributed by atoms with Gasteiger partial charge in [0.15, 0.2) is 0 Å². The maximum absolute atomic E-state index is 8.89. The molecule has 0 aliphatic carbocycles. The third kappa shape index (κ3) is 47.3. The summed E-state index contributed by atoms with van der Waals surface area (Å²) in [5.74, 6) is 1.21. The van der Waals surface area contributed by atoms with Gasteiger partial charge in [0.05, 0.1) is 0 Å². The number of carboxylic acid groups (broad SMARTS) is 1. The molecule has 0 aliphatic rings. The Morgan fingerprint density at radius 1 is 1.12 bits per heavy atom. The van der Waals surface area contributed by atoms with Crippen molar-refractivity contribution >= 4 is 15.7 Å². The number of aliphatic carboxylic acids is 1. The number of carbonyl (C=O) groups is 1. The third-order valence-corrected chi connectivity index (χ3v) is 1.15. The van der Waals surface area contributed by atoms with Gasteiger partial charge in [-0.15, -0.1) is 0 Å². The quantitative estimate of drug-likeness (QED) is 0.573. The average molecular weight is 332 g/mol. The summed E-state index contributed by atoms with van der Waals surface area (Å²) in [6.45, 7) is 12.6. The van der Waals surface area contributed by atoms with Crippen LogP contribution in [-0.2, 0) is 22.1 Å². The summed E-state index contributed by atoms with van der Waals surface area (Å²) in [6, 6.07) is 0. The van der Waals surface area contributed by atoms with Gasteiger partial charge < -0.3 is 9.90 Å². The molecule has 0 aliphatic heterocycles. The topological polar surface area (TPSA) is 40.1 Å². The maximum atomic E-state index is 8.89. The van der Waals surface area contributed by atoms with Crippen LogP contribution in [0.15, 0.2) is 0 Å². The number of carboxylic acids is 1. The fourth-order valence-corrected chi connectivity index (χ4v) is 0.659. The second-order valence-electron chi connectivity index (χ2n) is 3.17. The summed E-state index contributed by atoms with van der Waals surface area (Å²) in [7, 11) is 4.57. The molecular weight excluding hydrogens is 313 g/mol. The molecule has 16 heavy (non-hydrogen) atoms. The van der Waals surface area contributed by atoms with Gasteiger partial charge in [-0.25, -0.2) is 0 Å². The molecule has 0 saturated carbocycles. The van der Waals surface area contributed by atoms with E-state index >= 15 is 0 Å². The van der Waals surface area contributed by atoms with Gasteiger partial charge in [0, 0.05) is 5.97 Å². The first kappa shape index (κ1) is 21.6. The molecule has 0 aromatic carbocycles. The van der Waals surface area contributed by atoms with Crippen LogP contribution in [-0.4, -0.2) is 5.97 Å². The van der Waals surface area contributed by atoms with Crippen molar-refractivity contribution in [2.24, 2.45) is 0 Å². The molecule has 0 saturated heterocycles. The molecule has 0 N–H and O–H groups in total. The fourth-order valence-electron chi connectivity index (χ4n) is 0.659. The van der Waals surface area contributed by atoms with E-state index in [2.05, 4.69) is 36.4 Å². The van der Waals surface area contributed by atoms with Crippen molar-refractivity contribution < 1.29 is 27.2 Å². The number of rotatable bonds is 5. The molecule has 0 aromatic heterocycles. The van der Waals surface area contributed by atoms with Crippen LogP contribution in [0.3, 0.4) is 0 Å². The van der Waals surface area contributed by atoms with Crippen molar-refractivity contribution in [3.05, 3.63) is 38.5 Å². The van der Waals surface area contributed by atoms with E-state index in [9.17, 15) is 0 Å².